The third kappa shape index (κ3) is 1.49. The van der Waals surface area contributed by atoms with Gasteiger partial charge in [-0.25, -0.2) is 4.39 Å². The zero-order chi connectivity index (χ0) is 9.14. The molecule has 3 nitrogen and oxygen atoms in total. The van der Waals surface area contributed by atoms with Crippen LogP contribution in [0.2, 0.25) is 5.02 Å². The Labute approximate surface area is 74.3 Å². The minimum absolute atomic E-state index is 0.00730. The Morgan fingerprint density at radius 1 is 1.75 bits per heavy atom. The summed E-state index contributed by atoms with van der Waals surface area (Å²) in [5, 5.41) is 0.146. The zero-order valence-electron chi connectivity index (χ0n) is 6.47. The summed E-state index contributed by atoms with van der Waals surface area (Å²) < 4.78 is 17.9. The van der Waals surface area contributed by atoms with Crippen molar-refractivity contribution >= 4 is 11.6 Å². The van der Waals surface area contributed by atoms with Gasteiger partial charge in [0, 0.05) is 12.7 Å². The third-order valence-corrected chi connectivity index (χ3v) is 1.67. The van der Waals surface area contributed by atoms with Crippen LogP contribution in [0, 0.1) is 5.82 Å². The van der Waals surface area contributed by atoms with Crippen LogP contribution in [0.3, 0.4) is 0 Å². The Hall–Kier alpha value is -0.870. The third-order valence-electron chi connectivity index (χ3n) is 1.40. The van der Waals surface area contributed by atoms with E-state index in [4.69, 9.17) is 22.1 Å². The number of rotatable bonds is 2. The molecule has 0 aliphatic rings. The first-order valence-electron chi connectivity index (χ1n) is 3.27. The lowest BCUT2D eigenvalue weighted by Gasteiger charge is -2.05. The van der Waals surface area contributed by atoms with Gasteiger partial charge >= 0.3 is 0 Å². The van der Waals surface area contributed by atoms with Crippen LogP contribution < -0.4 is 10.5 Å². The molecule has 0 aliphatic carbocycles. The molecule has 2 N–H and O–H groups in total. The Morgan fingerprint density at radius 3 is 2.92 bits per heavy atom. The number of nitrogens with zero attached hydrogens (tertiary/aromatic N) is 1. The van der Waals surface area contributed by atoms with Crippen molar-refractivity contribution in [1.82, 2.24) is 4.98 Å². The van der Waals surface area contributed by atoms with E-state index in [9.17, 15) is 4.39 Å². The standard InChI is InChI=1S/C7H8ClFN2O/c1-12-7-4(8)3-11-5(2-10)6(7)9/h3H,2,10H2,1H3. The summed E-state index contributed by atoms with van der Waals surface area (Å²) in [5.74, 6) is -0.598. The smallest absolute Gasteiger partial charge is 0.189 e. The van der Waals surface area contributed by atoms with E-state index in [1.165, 1.54) is 13.3 Å². The van der Waals surface area contributed by atoms with Gasteiger partial charge in [-0.15, -0.1) is 0 Å². The van der Waals surface area contributed by atoms with Gasteiger partial charge in [0.2, 0.25) is 0 Å². The molecule has 1 aromatic heterocycles. The first-order chi connectivity index (χ1) is 5.70. The van der Waals surface area contributed by atoms with Gasteiger partial charge in [0.25, 0.3) is 0 Å². The van der Waals surface area contributed by atoms with Crippen LogP contribution in [0.1, 0.15) is 5.69 Å². The number of ether oxygens (including phenoxy) is 1. The van der Waals surface area contributed by atoms with Gasteiger partial charge in [-0.05, 0) is 0 Å². The maximum Gasteiger partial charge on any atom is 0.189 e. The SMILES string of the molecule is COc1c(Cl)cnc(CN)c1F. The van der Waals surface area contributed by atoms with Gasteiger partial charge in [-0.2, -0.15) is 0 Å². The van der Waals surface area contributed by atoms with Crippen molar-refractivity contribution in [3.8, 4) is 5.75 Å². The molecule has 0 spiro atoms. The zero-order valence-corrected chi connectivity index (χ0v) is 7.23. The molecule has 1 rings (SSSR count). The average molecular weight is 191 g/mol. The van der Waals surface area contributed by atoms with E-state index < -0.39 is 5.82 Å². The Kier molecular flexibility index (Phi) is 2.83. The molecule has 1 aromatic rings. The molecule has 0 saturated heterocycles. The predicted molar refractivity (Wildman–Crippen MR) is 43.6 cm³/mol. The van der Waals surface area contributed by atoms with Crippen molar-refractivity contribution in [3.05, 3.63) is 22.7 Å². The van der Waals surface area contributed by atoms with Crippen LogP contribution >= 0.6 is 11.6 Å². The van der Waals surface area contributed by atoms with E-state index >= 15 is 0 Å². The van der Waals surface area contributed by atoms with Gasteiger partial charge in [-0.3, -0.25) is 4.98 Å². The second kappa shape index (κ2) is 3.69. The summed E-state index contributed by atoms with van der Waals surface area (Å²) in [6, 6.07) is 0. The fourth-order valence-corrected chi connectivity index (χ4v) is 1.02. The summed E-state index contributed by atoms with van der Waals surface area (Å²) in [5.41, 5.74) is 5.37. The number of hydrogen-bond acceptors (Lipinski definition) is 3. The van der Waals surface area contributed by atoms with Crippen molar-refractivity contribution in [2.45, 2.75) is 6.54 Å². The van der Waals surface area contributed by atoms with Crippen LogP contribution in [0.5, 0.6) is 5.75 Å². The van der Waals surface area contributed by atoms with E-state index in [0.717, 1.165) is 0 Å². The highest BCUT2D eigenvalue weighted by Gasteiger charge is 2.12. The van der Waals surface area contributed by atoms with Crippen molar-refractivity contribution in [1.29, 1.82) is 0 Å². The van der Waals surface area contributed by atoms with Crippen LogP contribution in [0.15, 0.2) is 6.20 Å². The molecule has 0 unspecified atom stereocenters. The lowest BCUT2D eigenvalue weighted by molar-refractivity contribution is 0.382. The maximum absolute atomic E-state index is 13.2. The Morgan fingerprint density at radius 2 is 2.42 bits per heavy atom. The van der Waals surface area contributed by atoms with Gasteiger partial charge in [-0.1, -0.05) is 11.6 Å². The Balaban J connectivity index is 3.24. The molecule has 0 fully saturated rings. The van der Waals surface area contributed by atoms with E-state index in [0.29, 0.717) is 0 Å². The van der Waals surface area contributed by atoms with Crippen molar-refractivity contribution in [2.75, 3.05) is 7.11 Å². The molecule has 0 amide bonds. The number of methoxy groups -OCH3 is 1. The number of nitrogens with two attached hydrogens (primary N) is 1. The molecule has 0 aromatic carbocycles. The highest BCUT2D eigenvalue weighted by atomic mass is 35.5. The van der Waals surface area contributed by atoms with Gasteiger partial charge in [0.15, 0.2) is 11.6 Å². The molecule has 0 saturated carbocycles. The molecule has 0 aliphatic heterocycles. The quantitative estimate of drug-likeness (QED) is 0.766. The molecule has 1 heterocycles. The van der Waals surface area contributed by atoms with Crippen molar-refractivity contribution in [2.24, 2.45) is 5.73 Å². The van der Waals surface area contributed by atoms with Crippen molar-refractivity contribution in [3.63, 3.8) is 0 Å². The van der Waals surface area contributed by atoms with E-state index in [2.05, 4.69) is 4.98 Å². The first kappa shape index (κ1) is 9.22. The average Bonchev–Trinajstić information content (AvgIpc) is 2.06. The molecule has 0 radical (unpaired) electrons. The fraction of sp³-hybridized carbons (Fsp3) is 0.286. The van der Waals surface area contributed by atoms with Gasteiger partial charge < -0.3 is 10.5 Å². The normalized spacial score (nSPS) is 10.0. The molecular formula is C7H8ClFN2O. The largest absolute Gasteiger partial charge is 0.492 e. The highest BCUT2D eigenvalue weighted by molar-refractivity contribution is 6.31. The molecule has 12 heavy (non-hydrogen) atoms. The van der Waals surface area contributed by atoms with Crippen LogP contribution in [0.4, 0.5) is 4.39 Å². The van der Waals surface area contributed by atoms with Crippen molar-refractivity contribution < 1.29 is 9.13 Å². The molecule has 0 atom stereocenters. The lowest BCUT2D eigenvalue weighted by Crippen LogP contribution is -2.04. The summed E-state index contributed by atoms with van der Waals surface area (Å²) >= 11 is 5.59. The minimum atomic E-state index is -0.590. The number of pyridine rings is 1. The van der Waals surface area contributed by atoms with Crippen LogP contribution in [-0.2, 0) is 6.54 Å². The summed E-state index contributed by atoms with van der Waals surface area (Å²) in [7, 11) is 1.34. The van der Waals surface area contributed by atoms with Gasteiger partial charge in [0.1, 0.15) is 5.02 Å². The van der Waals surface area contributed by atoms with Crippen LogP contribution in [-0.4, -0.2) is 12.1 Å². The van der Waals surface area contributed by atoms with Crippen LogP contribution in [0.25, 0.3) is 0 Å². The minimum Gasteiger partial charge on any atom is -0.492 e. The predicted octanol–water partition coefficient (Wildman–Crippen LogP) is 1.34. The molecule has 5 heteroatoms. The summed E-state index contributed by atoms with van der Waals surface area (Å²) in [6.45, 7) is 0.0271. The molecule has 66 valence electrons. The Bertz CT molecular complexity index is 293. The van der Waals surface area contributed by atoms with E-state index in [-0.39, 0.29) is 23.0 Å². The molecular weight excluding hydrogens is 183 g/mol. The maximum atomic E-state index is 13.2. The number of halogens is 2. The van der Waals surface area contributed by atoms with Gasteiger partial charge in [0.05, 0.1) is 12.8 Å². The lowest BCUT2D eigenvalue weighted by atomic mass is 10.3. The second-order valence-corrected chi connectivity index (χ2v) is 2.51. The first-order valence-corrected chi connectivity index (χ1v) is 3.65. The summed E-state index contributed by atoms with van der Waals surface area (Å²) in [4.78, 5) is 3.69. The second-order valence-electron chi connectivity index (χ2n) is 2.10. The van der Waals surface area contributed by atoms with E-state index in [1.54, 1.807) is 0 Å². The number of aromatic nitrogens is 1. The topological polar surface area (TPSA) is 48.1 Å². The van der Waals surface area contributed by atoms with E-state index in [1.807, 2.05) is 0 Å². The number of hydrogen-bond donors (Lipinski definition) is 1. The summed E-state index contributed by atoms with van der Waals surface area (Å²) in [6.07, 6.45) is 1.31. The monoisotopic (exact) mass is 190 g/mol. The highest BCUT2D eigenvalue weighted by Crippen LogP contribution is 2.27. The fourth-order valence-electron chi connectivity index (χ4n) is 0.815. The molecule has 0 bridgehead atoms.